The Morgan fingerprint density at radius 2 is 2.16 bits per heavy atom. The first-order chi connectivity index (χ1) is 12.1. The summed E-state index contributed by atoms with van der Waals surface area (Å²) in [4.78, 5) is 19.1. The topological polar surface area (TPSA) is 67.7 Å². The number of aliphatic imine (C=N–C) groups is 1. The van der Waals surface area contributed by atoms with Gasteiger partial charge in [-0.25, -0.2) is 0 Å². The standard InChI is InChI=1S/C17H14N4O2S2/c1-10-19-20-16(24-10)18-17-21(2)15(22)14(25-17)8-11-7-12-5-3-4-6-13(12)23-9-11/h3-8H,9H2,1-2H3/b14-8+,18-17+. The van der Waals surface area contributed by atoms with Gasteiger partial charge in [-0.2, -0.15) is 4.99 Å². The summed E-state index contributed by atoms with van der Waals surface area (Å²) in [7, 11) is 1.71. The Hall–Kier alpha value is -2.45. The van der Waals surface area contributed by atoms with Crippen molar-refractivity contribution < 1.29 is 9.53 Å². The summed E-state index contributed by atoms with van der Waals surface area (Å²) in [6, 6.07) is 7.84. The highest BCUT2D eigenvalue weighted by Crippen LogP contribution is 2.34. The molecule has 1 fully saturated rings. The molecule has 2 aliphatic rings. The predicted octanol–water partition coefficient (Wildman–Crippen LogP) is 3.40. The fourth-order valence-electron chi connectivity index (χ4n) is 2.45. The summed E-state index contributed by atoms with van der Waals surface area (Å²) >= 11 is 2.73. The van der Waals surface area contributed by atoms with Gasteiger partial charge in [0.05, 0.1) is 4.91 Å². The SMILES string of the molecule is Cc1nnc(/N=C2/S/C(=C/C3=Cc4ccccc4OC3)C(=O)N2C)s1. The number of fused-ring (bicyclic) bond motifs is 1. The molecule has 0 aliphatic carbocycles. The predicted molar refractivity (Wildman–Crippen MR) is 100 cm³/mol. The largest absolute Gasteiger partial charge is 0.488 e. The summed E-state index contributed by atoms with van der Waals surface area (Å²) in [5, 5.41) is 9.92. The number of ether oxygens (including phenoxy) is 1. The van der Waals surface area contributed by atoms with E-state index in [4.69, 9.17) is 4.74 Å². The number of rotatable bonds is 2. The van der Waals surface area contributed by atoms with Crippen LogP contribution in [0.15, 0.2) is 45.8 Å². The van der Waals surface area contributed by atoms with Crippen molar-refractivity contribution in [2.24, 2.45) is 4.99 Å². The minimum Gasteiger partial charge on any atom is -0.488 e. The molecule has 25 heavy (non-hydrogen) atoms. The van der Waals surface area contributed by atoms with E-state index in [0.29, 0.717) is 21.8 Å². The fraction of sp³-hybridized carbons (Fsp3) is 0.176. The Labute approximate surface area is 152 Å². The maximum atomic E-state index is 12.5. The van der Waals surface area contributed by atoms with Crippen LogP contribution >= 0.6 is 23.1 Å². The summed E-state index contributed by atoms with van der Waals surface area (Å²) in [5.74, 6) is 0.783. The maximum absolute atomic E-state index is 12.5. The van der Waals surface area contributed by atoms with Crippen molar-refractivity contribution >= 4 is 45.4 Å². The van der Waals surface area contributed by atoms with Crippen molar-refractivity contribution in [3.63, 3.8) is 0 Å². The van der Waals surface area contributed by atoms with Crippen LogP contribution in [0.4, 0.5) is 5.13 Å². The highest BCUT2D eigenvalue weighted by Gasteiger charge is 2.31. The third-order valence-corrected chi connectivity index (χ3v) is 5.47. The summed E-state index contributed by atoms with van der Waals surface area (Å²) in [5.41, 5.74) is 1.97. The van der Waals surface area contributed by atoms with Gasteiger partial charge in [0.25, 0.3) is 5.91 Å². The molecule has 0 radical (unpaired) electrons. The molecular weight excluding hydrogens is 356 g/mol. The number of nitrogens with zero attached hydrogens (tertiary/aromatic N) is 4. The first-order valence-electron chi connectivity index (χ1n) is 7.59. The second kappa shape index (κ2) is 6.45. The van der Waals surface area contributed by atoms with Crippen LogP contribution in [0.3, 0.4) is 0 Å². The van der Waals surface area contributed by atoms with Crippen molar-refractivity contribution in [1.29, 1.82) is 0 Å². The Morgan fingerprint density at radius 3 is 2.96 bits per heavy atom. The van der Waals surface area contributed by atoms with Crippen molar-refractivity contribution in [3.05, 3.63) is 51.4 Å². The van der Waals surface area contributed by atoms with E-state index in [9.17, 15) is 4.79 Å². The quantitative estimate of drug-likeness (QED) is 0.758. The van der Waals surface area contributed by atoms with Gasteiger partial charge in [0.2, 0.25) is 5.13 Å². The molecule has 0 bridgehead atoms. The molecule has 0 unspecified atom stereocenters. The van der Waals surface area contributed by atoms with Gasteiger partial charge < -0.3 is 4.74 Å². The average Bonchev–Trinajstić information content (AvgIpc) is 3.14. The number of likely N-dealkylation sites (N-methyl/N-ethyl adjacent to an activating group) is 1. The lowest BCUT2D eigenvalue weighted by atomic mass is 10.1. The van der Waals surface area contributed by atoms with Crippen molar-refractivity contribution in [3.8, 4) is 5.75 Å². The smallest absolute Gasteiger partial charge is 0.266 e. The molecule has 126 valence electrons. The zero-order valence-electron chi connectivity index (χ0n) is 13.6. The minimum absolute atomic E-state index is 0.0789. The van der Waals surface area contributed by atoms with Crippen molar-refractivity contribution in [2.75, 3.05) is 13.7 Å². The molecule has 1 saturated heterocycles. The van der Waals surface area contributed by atoms with Crippen LogP contribution in [-0.4, -0.2) is 39.8 Å². The van der Waals surface area contributed by atoms with Gasteiger partial charge in [-0.1, -0.05) is 29.5 Å². The molecule has 2 aromatic rings. The van der Waals surface area contributed by atoms with Crippen molar-refractivity contribution in [1.82, 2.24) is 15.1 Å². The van der Waals surface area contributed by atoms with Gasteiger partial charge in [-0.05, 0) is 42.5 Å². The van der Waals surface area contributed by atoms with Crippen LogP contribution in [0, 0.1) is 6.92 Å². The van der Waals surface area contributed by atoms with Crippen LogP contribution in [0.25, 0.3) is 6.08 Å². The number of amides is 1. The third kappa shape index (κ3) is 3.22. The van der Waals surface area contributed by atoms with Crippen LogP contribution in [0.2, 0.25) is 0 Å². The Morgan fingerprint density at radius 1 is 1.32 bits per heavy atom. The van der Waals surface area contributed by atoms with Crippen LogP contribution in [0.1, 0.15) is 10.6 Å². The third-order valence-electron chi connectivity index (χ3n) is 3.68. The first kappa shape index (κ1) is 16.0. The lowest BCUT2D eigenvalue weighted by Crippen LogP contribution is -2.23. The Balaban J connectivity index is 1.61. The molecule has 1 amide bonds. The van der Waals surface area contributed by atoms with E-state index in [1.54, 1.807) is 7.05 Å². The van der Waals surface area contributed by atoms with E-state index in [0.717, 1.165) is 21.9 Å². The van der Waals surface area contributed by atoms with Crippen molar-refractivity contribution in [2.45, 2.75) is 6.92 Å². The summed E-state index contributed by atoms with van der Waals surface area (Å²) in [6.45, 7) is 2.32. The number of para-hydroxylation sites is 1. The molecule has 0 saturated carbocycles. The molecule has 1 aromatic carbocycles. The van der Waals surface area contributed by atoms with Gasteiger partial charge >= 0.3 is 0 Å². The zero-order valence-corrected chi connectivity index (χ0v) is 15.2. The molecule has 6 nitrogen and oxygen atoms in total. The van der Waals surface area contributed by atoms with Crippen LogP contribution < -0.4 is 4.74 Å². The number of hydrogen-bond acceptors (Lipinski definition) is 7. The van der Waals surface area contributed by atoms with Gasteiger partial charge in [-0.3, -0.25) is 9.69 Å². The first-order valence-corrected chi connectivity index (χ1v) is 9.22. The molecular formula is C17H14N4O2S2. The van der Waals surface area contributed by atoms with E-state index in [1.165, 1.54) is 28.0 Å². The number of amidine groups is 1. The Kier molecular flexibility index (Phi) is 4.14. The number of benzene rings is 1. The lowest BCUT2D eigenvalue weighted by Gasteiger charge is -2.15. The monoisotopic (exact) mass is 370 g/mol. The molecule has 8 heteroatoms. The number of carbonyl (C=O) groups is 1. The van der Waals surface area contributed by atoms with E-state index in [-0.39, 0.29) is 5.91 Å². The van der Waals surface area contributed by atoms with Gasteiger partial charge in [0.1, 0.15) is 17.4 Å². The fourth-order valence-corrected chi connectivity index (χ4v) is 4.05. The average molecular weight is 370 g/mol. The molecule has 0 N–H and O–H groups in total. The van der Waals surface area contributed by atoms with E-state index in [2.05, 4.69) is 15.2 Å². The van der Waals surface area contributed by atoms with Crippen LogP contribution in [0.5, 0.6) is 5.75 Å². The Bertz CT molecular complexity index is 946. The minimum atomic E-state index is -0.0789. The van der Waals surface area contributed by atoms with E-state index >= 15 is 0 Å². The lowest BCUT2D eigenvalue weighted by molar-refractivity contribution is -0.121. The van der Waals surface area contributed by atoms with Gasteiger partial charge in [0.15, 0.2) is 5.17 Å². The normalized spacial score (nSPS) is 20.0. The van der Waals surface area contributed by atoms with Crippen LogP contribution in [-0.2, 0) is 4.79 Å². The molecule has 4 rings (SSSR count). The summed E-state index contributed by atoms with van der Waals surface area (Å²) in [6.07, 6.45) is 3.91. The summed E-state index contributed by atoms with van der Waals surface area (Å²) < 4.78 is 5.74. The number of thioether (sulfide) groups is 1. The highest BCUT2D eigenvalue weighted by molar-refractivity contribution is 8.18. The van der Waals surface area contributed by atoms with E-state index < -0.39 is 0 Å². The van der Waals surface area contributed by atoms with Gasteiger partial charge in [-0.15, -0.1) is 10.2 Å². The second-order valence-electron chi connectivity index (χ2n) is 5.52. The number of aryl methyl sites for hydroxylation is 1. The number of aromatic nitrogens is 2. The second-order valence-corrected chi connectivity index (χ2v) is 7.69. The molecule has 0 spiro atoms. The highest BCUT2D eigenvalue weighted by atomic mass is 32.2. The molecule has 2 aliphatic heterocycles. The number of carbonyl (C=O) groups excluding carboxylic acids is 1. The molecule has 3 heterocycles. The van der Waals surface area contributed by atoms with E-state index in [1.807, 2.05) is 43.3 Å². The molecule has 1 aromatic heterocycles. The maximum Gasteiger partial charge on any atom is 0.266 e. The molecule has 0 atom stereocenters. The zero-order chi connectivity index (χ0) is 17.4. The number of hydrogen-bond donors (Lipinski definition) is 0. The van der Waals surface area contributed by atoms with Gasteiger partial charge in [0, 0.05) is 12.6 Å².